The van der Waals surface area contributed by atoms with E-state index in [4.69, 9.17) is 4.74 Å². The fourth-order valence-corrected chi connectivity index (χ4v) is 1.94. The lowest BCUT2D eigenvalue weighted by molar-refractivity contribution is 0.0386. The summed E-state index contributed by atoms with van der Waals surface area (Å²) in [5.41, 5.74) is 0.457. The fraction of sp³-hybridized carbons (Fsp3) is 0.417. The van der Waals surface area contributed by atoms with Gasteiger partial charge in [-0.1, -0.05) is 19.9 Å². The number of aromatic hydroxyl groups is 2. The molecule has 1 aromatic carbocycles. The number of rotatable bonds is 1. The van der Waals surface area contributed by atoms with Crippen molar-refractivity contribution in [3.63, 3.8) is 0 Å². The Morgan fingerprint density at radius 2 is 2.06 bits per heavy atom. The largest absolute Gasteiger partial charge is 0.504 e. The van der Waals surface area contributed by atoms with Crippen molar-refractivity contribution in [3.8, 4) is 11.5 Å². The topological polar surface area (TPSA) is 78.8 Å². The van der Waals surface area contributed by atoms with E-state index in [2.05, 4.69) is 5.32 Å². The minimum atomic E-state index is -0.470. The quantitative estimate of drug-likeness (QED) is 0.652. The van der Waals surface area contributed by atoms with Gasteiger partial charge in [-0.2, -0.15) is 0 Å². The lowest BCUT2D eigenvalue weighted by Gasteiger charge is -2.38. The van der Waals surface area contributed by atoms with Gasteiger partial charge in [0.1, 0.15) is 6.61 Å². The summed E-state index contributed by atoms with van der Waals surface area (Å²) in [7, 11) is 0. The molecule has 92 valence electrons. The van der Waals surface area contributed by atoms with Crippen molar-refractivity contribution in [2.45, 2.75) is 19.9 Å². The van der Waals surface area contributed by atoms with Crippen LogP contribution in [0.15, 0.2) is 18.2 Å². The summed E-state index contributed by atoms with van der Waals surface area (Å²) in [4.78, 5) is 11.2. The summed E-state index contributed by atoms with van der Waals surface area (Å²) in [5.74, 6) is -0.371. The molecule has 0 aliphatic carbocycles. The maximum absolute atomic E-state index is 11.2. The Hall–Kier alpha value is -1.91. The summed E-state index contributed by atoms with van der Waals surface area (Å²) in [5, 5.41) is 21.5. The van der Waals surface area contributed by atoms with Crippen LogP contribution in [0.5, 0.6) is 11.5 Å². The fourth-order valence-electron chi connectivity index (χ4n) is 1.94. The molecular weight excluding hydrogens is 222 g/mol. The first-order valence-electron chi connectivity index (χ1n) is 5.35. The molecule has 5 heteroatoms. The number of cyclic esters (lactones) is 1. The molecule has 17 heavy (non-hydrogen) atoms. The molecule has 0 radical (unpaired) electrons. The predicted octanol–water partition coefficient (Wildman–Crippen LogP) is 1.90. The number of hydrogen-bond donors (Lipinski definition) is 3. The molecule has 1 aliphatic heterocycles. The third kappa shape index (κ3) is 2.13. The summed E-state index contributed by atoms with van der Waals surface area (Å²) < 4.78 is 4.94. The first-order chi connectivity index (χ1) is 7.90. The Kier molecular flexibility index (Phi) is 2.61. The van der Waals surface area contributed by atoms with Gasteiger partial charge in [0.15, 0.2) is 11.5 Å². The van der Waals surface area contributed by atoms with Gasteiger partial charge in [0.05, 0.1) is 6.04 Å². The lowest BCUT2D eigenvalue weighted by Crippen LogP contribution is -2.46. The standard InChI is InChI=1S/C12H15NO4/c1-12(2)6-17-11(16)13-10(12)7-3-4-8(14)9(15)5-7/h3-5,10,14-15H,6H2,1-2H3,(H,13,16)/t10-/m1/s1. The molecule has 1 saturated heterocycles. The highest BCUT2D eigenvalue weighted by Gasteiger charge is 2.38. The number of carbonyl (C=O) groups excluding carboxylic acids is 1. The molecule has 0 aromatic heterocycles. The molecule has 1 heterocycles. The van der Waals surface area contributed by atoms with Crippen molar-refractivity contribution >= 4 is 6.09 Å². The van der Waals surface area contributed by atoms with Gasteiger partial charge in [-0.05, 0) is 17.7 Å². The normalized spacial score (nSPS) is 22.7. The van der Waals surface area contributed by atoms with Gasteiger partial charge in [-0.15, -0.1) is 0 Å². The minimum Gasteiger partial charge on any atom is -0.504 e. The molecule has 3 N–H and O–H groups in total. The van der Waals surface area contributed by atoms with Crippen LogP contribution < -0.4 is 5.32 Å². The summed E-state index contributed by atoms with van der Waals surface area (Å²) in [6, 6.07) is 4.28. The van der Waals surface area contributed by atoms with Crippen molar-refractivity contribution < 1.29 is 19.7 Å². The number of nitrogens with one attached hydrogen (secondary N) is 1. The van der Waals surface area contributed by atoms with E-state index in [0.717, 1.165) is 5.56 Å². The molecule has 1 fully saturated rings. The highest BCUT2D eigenvalue weighted by atomic mass is 16.6. The average molecular weight is 237 g/mol. The van der Waals surface area contributed by atoms with Crippen LogP contribution in [0.1, 0.15) is 25.5 Å². The van der Waals surface area contributed by atoms with Crippen molar-refractivity contribution in [3.05, 3.63) is 23.8 Å². The average Bonchev–Trinajstić information content (AvgIpc) is 2.26. The van der Waals surface area contributed by atoms with Gasteiger partial charge in [0.2, 0.25) is 0 Å². The van der Waals surface area contributed by atoms with Crippen LogP contribution in [0.25, 0.3) is 0 Å². The maximum atomic E-state index is 11.2. The van der Waals surface area contributed by atoms with Gasteiger partial charge in [0, 0.05) is 5.41 Å². The van der Waals surface area contributed by atoms with Crippen LogP contribution in [-0.2, 0) is 4.74 Å². The molecule has 1 aromatic rings. The lowest BCUT2D eigenvalue weighted by atomic mass is 9.80. The summed E-state index contributed by atoms with van der Waals surface area (Å²) in [6.45, 7) is 4.23. The van der Waals surface area contributed by atoms with E-state index in [1.54, 1.807) is 6.07 Å². The zero-order chi connectivity index (χ0) is 12.6. The van der Waals surface area contributed by atoms with Crippen LogP contribution in [0.4, 0.5) is 4.79 Å². The van der Waals surface area contributed by atoms with Crippen molar-refractivity contribution in [2.24, 2.45) is 5.41 Å². The van der Waals surface area contributed by atoms with E-state index in [0.29, 0.717) is 6.61 Å². The third-order valence-electron chi connectivity index (χ3n) is 2.95. The van der Waals surface area contributed by atoms with Crippen LogP contribution in [-0.4, -0.2) is 22.9 Å². The smallest absolute Gasteiger partial charge is 0.407 e. The number of phenolic OH excluding ortho intramolecular Hbond substituents is 2. The first kappa shape index (κ1) is 11.6. The van der Waals surface area contributed by atoms with Crippen molar-refractivity contribution in [1.29, 1.82) is 0 Å². The third-order valence-corrected chi connectivity index (χ3v) is 2.95. The van der Waals surface area contributed by atoms with Crippen LogP contribution >= 0.6 is 0 Å². The SMILES string of the molecule is CC1(C)COC(=O)N[C@@H]1c1ccc(O)c(O)c1. The van der Waals surface area contributed by atoms with E-state index < -0.39 is 6.09 Å². The Labute approximate surface area is 99.0 Å². The van der Waals surface area contributed by atoms with Gasteiger partial charge in [0.25, 0.3) is 0 Å². The minimum absolute atomic E-state index is 0.176. The molecular formula is C12H15NO4. The first-order valence-corrected chi connectivity index (χ1v) is 5.35. The molecule has 2 rings (SSSR count). The molecule has 0 spiro atoms. The Balaban J connectivity index is 2.36. The zero-order valence-electron chi connectivity index (χ0n) is 9.73. The molecule has 0 saturated carbocycles. The number of ether oxygens (including phenoxy) is 1. The summed E-state index contributed by atoms with van der Waals surface area (Å²) in [6.07, 6.45) is -0.470. The maximum Gasteiger partial charge on any atom is 0.407 e. The highest BCUT2D eigenvalue weighted by Crippen LogP contribution is 2.38. The monoisotopic (exact) mass is 237 g/mol. The van der Waals surface area contributed by atoms with Crippen LogP contribution in [0, 0.1) is 5.41 Å². The van der Waals surface area contributed by atoms with E-state index in [-0.39, 0.29) is 23.0 Å². The number of alkyl carbamates (subject to hydrolysis) is 1. The Morgan fingerprint density at radius 1 is 1.35 bits per heavy atom. The Morgan fingerprint density at radius 3 is 2.71 bits per heavy atom. The van der Waals surface area contributed by atoms with E-state index in [1.807, 2.05) is 13.8 Å². The number of benzene rings is 1. The number of hydrogen-bond acceptors (Lipinski definition) is 4. The molecule has 0 bridgehead atoms. The number of phenols is 2. The second-order valence-corrected chi connectivity index (χ2v) is 4.89. The van der Waals surface area contributed by atoms with Gasteiger partial charge >= 0.3 is 6.09 Å². The molecule has 1 atom stereocenters. The van der Waals surface area contributed by atoms with Gasteiger partial charge < -0.3 is 20.3 Å². The van der Waals surface area contributed by atoms with Gasteiger partial charge in [-0.25, -0.2) is 4.79 Å². The van der Waals surface area contributed by atoms with Crippen molar-refractivity contribution in [2.75, 3.05) is 6.61 Å². The van der Waals surface area contributed by atoms with E-state index in [9.17, 15) is 15.0 Å². The van der Waals surface area contributed by atoms with Crippen LogP contribution in [0.3, 0.4) is 0 Å². The molecule has 1 amide bonds. The molecule has 1 aliphatic rings. The van der Waals surface area contributed by atoms with Gasteiger partial charge in [-0.3, -0.25) is 0 Å². The van der Waals surface area contributed by atoms with Crippen LogP contribution in [0.2, 0.25) is 0 Å². The number of amides is 1. The Bertz CT molecular complexity index is 456. The van der Waals surface area contributed by atoms with Crippen molar-refractivity contribution in [1.82, 2.24) is 5.32 Å². The van der Waals surface area contributed by atoms with E-state index in [1.165, 1.54) is 12.1 Å². The second kappa shape index (κ2) is 3.84. The number of carbonyl (C=O) groups is 1. The zero-order valence-corrected chi connectivity index (χ0v) is 9.73. The molecule has 0 unspecified atom stereocenters. The summed E-state index contributed by atoms with van der Waals surface area (Å²) >= 11 is 0. The highest BCUT2D eigenvalue weighted by molar-refractivity contribution is 5.69. The predicted molar refractivity (Wildman–Crippen MR) is 60.8 cm³/mol. The van der Waals surface area contributed by atoms with E-state index >= 15 is 0 Å². The molecule has 5 nitrogen and oxygen atoms in total. The second-order valence-electron chi connectivity index (χ2n) is 4.89.